The summed E-state index contributed by atoms with van der Waals surface area (Å²) in [6.07, 6.45) is 3.78. The molecule has 1 aliphatic heterocycles. The monoisotopic (exact) mass is 315 g/mol. The van der Waals surface area contributed by atoms with E-state index in [1.165, 1.54) is 30.5 Å². The molecule has 0 radical (unpaired) electrons. The minimum Gasteiger partial charge on any atom is -0.378 e. The molecule has 4 nitrogen and oxygen atoms in total. The lowest BCUT2D eigenvalue weighted by Crippen LogP contribution is -2.40. The van der Waals surface area contributed by atoms with E-state index in [9.17, 15) is 4.79 Å². The van der Waals surface area contributed by atoms with Crippen LogP contribution in [0.25, 0.3) is 0 Å². The number of likely N-dealkylation sites (tertiary alicyclic amines) is 1. The normalized spacial score (nSPS) is 16.7. The molecule has 4 heteroatoms. The highest BCUT2D eigenvalue weighted by Gasteiger charge is 2.23. The largest absolute Gasteiger partial charge is 0.378 e. The molecular weight excluding hydrogens is 286 g/mol. The minimum atomic E-state index is -0.0584. The van der Waals surface area contributed by atoms with Crippen molar-refractivity contribution in [1.29, 1.82) is 0 Å². The molecule has 1 N–H and O–H groups in total. The van der Waals surface area contributed by atoms with Crippen LogP contribution in [0.5, 0.6) is 0 Å². The van der Waals surface area contributed by atoms with Crippen molar-refractivity contribution in [2.45, 2.75) is 32.2 Å². The number of benzene rings is 1. The third kappa shape index (κ3) is 4.83. The Morgan fingerprint density at radius 2 is 1.83 bits per heavy atom. The van der Waals surface area contributed by atoms with Crippen LogP contribution in [0, 0.1) is 0 Å². The third-order valence-electron chi connectivity index (χ3n) is 4.47. The Labute approximate surface area is 140 Å². The third-order valence-corrected chi connectivity index (χ3v) is 4.47. The molecule has 23 heavy (non-hydrogen) atoms. The lowest BCUT2D eigenvalue weighted by atomic mass is 10.0. The molecule has 0 aromatic heterocycles. The van der Waals surface area contributed by atoms with Crippen LogP contribution in [0.3, 0.4) is 0 Å². The van der Waals surface area contributed by atoms with Gasteiger partial charge in [-0.15, -0.1) is 0 Å². The van der Waals surface area contributed by atoms with Gasteiger partial charge in [0.25, 0.3) is 0 Å². The summed E-state index contributed by atoms with van der Waals surface area (Å²) >= 11 is 0. The summed E-state index contributed by atoms with van der Waals surface area (Å²) < 4.78 is 0. The van der Waals surface area contributed by atoms with Crippen molar-refractivity contribution >= 4 is 11.6 Å². The number of nitrogens with zero attached hydrogens (tertiary/aromatic N) is 2. The lowest BCUT2D eigenvalue weighted by Gasteiger charge is -2.35. The van der Waals surface area contributed by atoms with Crippen molar-refractivity contribution < 1.29 is 4.79 Å². The Balaban J connectivity index is 2.14. The first-order valence-corrected chi connectivity index (χ1v) is 8.44. The molecule has 1 saturated heterocycles. The van der Waals surface area contributed by atoms with Gasteiger partial charge in [0, 0.05) is 31.9 Å². The number of nitrogens with one attached hydrogen (secondary N) is 1. The van der Waals surface area contributed by atoms with Gasteiger partial charge in [0.1, 0.15) is 0 Å². The maximum absolute atomic E-state index is 11.9. The van der Waals surface area contributed by atoms with Gasteiger partial charge in [-0.05, 0) is 50.6 Å². The summed E-state index contributed by atoms with van der Waals surface area (Å²) in [5, 5.41) is 3.02. The topological polar surface area (TPSA) is 35.6 Å². The molecule has 1 fully saturated rings. The maximum atomic E-state index is 11.9. The zero-order chi connectivity index (χ0) is 16.8. The molecule has 1 heterocycles. The molecule has 0 aliphatic carbocycles. The molecule has 0 saturated carbocycles. The van der Waals surface area contributed by atoms with Crippen molar-refractivity contribution in [1.82, 2.24) is 10.2 Å². The second-order valence-electron chi connectivity index (χ2n) is 6.59. The van der Waals surface area contributed by atoms with Crippen molar-refractivity contribution in [3.05, 3.63) is 42.0 Å². The summed E-state index contributed by atoms with van der Waals surface area (Å²) in [6.45, 7) is 8.30. The zero-order valence-electron chi connectivity index (χ0n) is 14.6. The van der Waals surface area contributed by atoms with Gasteiger partial charge >= 0.3 is 0 Å². The van der Waals surface area contributed by atoms with Gasteiger partial charge in [-0.3, -0.25) is 9.69 Å². The van der Waals surface area contributed by atoms with Gasteiger partial charge in [0.2, 0.25) is 5.91 Å². The predicted octanol–water partition coefficient (Wildman–Crippen LogP) is 2.97. The quantitative estimate of drug-likeness (QED) is 0.820. The van der Waals surface area contributed by atoms with E-state index in [-0.39, 0.29) is 11.9 Å². The van der Waals surface area contributed by atoms with Crippen LogP contribution in [-0.2, 0) is 4.79 Å². The van der Waals surface area contributed by atoms with Crippen molar-refractivity contribution in [2.24, 2.45) is 0 Å². The first-order valence-electron chi connectivity index (χ1n) is 8.44. The van der Waals surface area contributed by atoms with E-state index in [1.807, 2.05) is 14.1 Å². The Morgan fingerprint density at radius 1 is 1.22 bits per heavy atom. The average molecular weight is 315 g/mol. The number of anilines is 1. The Morgan fingerprint density at radius 3 is 2.35 bits per heavy atom. The number of hydrogen-bond acceptors (Lipinski definition) is 3. The van der Waals surface area contributed by atoms with Crippen molar-refractivity contribution in [3.63, 3.8) is 0 Å². The van der Waals surface area contributed by atoms with E-state index in [4.69, 9.17) is 0 Å². The standard InChI is InChI=1S/C19H29N3O/c1-15(2)19(23)20-14-18(22-12-6-5-7-13-22)16-8-10-17(11-9-16)21(3)4/h8-11,18H,1,5-7,12-14H2,2-4H3,(H,20,23). The predicted molar refractivity (Wildman–Crippen MR) is 96.8 cm³/mol. The zero-order valence-corrected chi connectivity index (χ0v) is 14.6. The molecule has 0 bridgehead atoms. The molecular formula is C19H29N3O. The summed E-state index contributed by atoms with van der Waals surface area (Å²) in [5.41, 5.74) is 3.02. The van der Waals surface area contributed by atoms with Crippen molar-refractivity contribution in [2.75, 3.05) is 38.6 Å². The van der Waals surface area contributed by atoms with Crippen LogP contribution >= 0.6 is 0 Å². The number of carbonyl (C=O) groups excluding carboxylic acids is 1. The van der Waals surface area contributed by atoms with Crippen molar-refractivity contribution in [3.8, 4) is 0 Å². The number of amides is 1. The van der Waals surface area contributed by atoms with E-state index < -0.39 is 0 Å². The van der Waals surface area contributed by atoms with Crippen LogP contribution in [0.1, 0.15) is 37.8 Å². The molecule has 2 rings (SSSR count). The maximum Gasteiger partial charge on any atom is 0.246 e. The number of carbonyl (C=O) groups is 1. The lowest BCUT2D eigenvalue weighted by molar-refractivity contribution is -0.117. The van der Waals surface area contributed by atoms with Gasteiger partial charge in [-0.1, -0.05) is 25.1 Å². The molecule has 126 valence electrons. The highest BCUT2D eigenvalue weighted by molar-refractivity contribution is 5.92. The fraction of sp³-hybridized carbons (Fsp3) is 0.526. The minimum absolute atomic E-state index is 0.0584. The van der Waals surface area contributed by atoms with E-state index >= 15 is 0 Å². The van der Waals surface area contributed by atoms with Crippen LogP contribution in [0.15, 0.2) is 36.4 Å². The molecule has 0 spiro atoms. The van der Waals surface area contributed by atoms with Crippen LogP contribution < -0.4 is 10.2 Å². The highest BCUT2D eigenvalue weighted by atomic mass is 16.1. The smallest absolute Gasteiger partial charge is 0.246 e. The molecule has 1 aromatic rings. The first kappa shape index (κ1) is 17.5. The summed E-state index contributed by atoms with van der Waals surface area (Å²) in [4.78, 5) is 16.5. The van der Waals surface area contributed by atoms with Crippen LogP contribution in [0.2, 0.25) is 0 Å². The van der Waals surface area contributed by atoms with Crippen LogP contribution in [-0.4, -0.2) is 44.5 Å². The molecule has 1 aromatic carbocycles. The van der Waals surface area contributed by atoms with Gasteiger partial charge in [-0.2, -0.15) is 0 Å². The highest BCUT2D eigenvalue weighted by Crippen LogP contribution is 2.26. The van der Waals surface area contributed by atoms with Gasteiger partial charge in [0.15, 0.2) is 0 Å². The second-order valence-corrected chi connectivity index (χ2v) is 6.59. The first-order chi connectivity index (χ1) is 11.0. The summed E-state index contributed by atoms with van der Waals surface area (Å²) in [5.74, 6) is -0.0584. The molecule has 1 atom stereocenters. The fourth-order valence-corrected chi connectivity index (χ4v) is 3.02. The number of piperidine rings is 1. The number of hydrogen-bond donors (Lipinski definition) is 1. The molecule has 1 aliphatic rings. The van der Waals surface area contributed by atoms with Crippen LogP contribution in [0.4, 0.5) is 5.69 Å². The van der Waals surface area contributed by atoms with E-state index in [2.05, 4.69) is 46.0 Å². The number of rotatable bonds is 6. The molecule has 1 unspecified atom stereocenters. The molecule has 1 amide bonds. The Hall–Kier alpha value is -1.81. The Kier molecular flexibility index (Phi) is 6.22. The van der Waals surface area contributed by atoms with E-state index in [0.717, 1.165) is 13.1 Å². The fourth-order valence-electron chi connectivity index (χ4n) is 3.02. The van der Waals surface area contributed by atoms with E-state index in [0.29, 0.717) is 12.1 Å². The van der Waals surface area contributed by atoms with E-state index in [1.54, 1.807) is 6.92 Å². The SMILES string of the molecule is C=C(C)C(=O)NCC(c1ccc(N(C)C)cc1)N1CCCCC1. The second kappa shape index (κ2) is 8.16. The summed E-state index contributed by atoms with van der Waals surface area (Å²) in [6, 6.07) is 8.89. The average Bonchev–Trinajstić information content (AvgIpc) is 2.56. The van der Waals surface area contributed by atoms with Gasteiger partial charge < -0.3 is 10.2 Å². The summed E-state index contributed by atoms with van der Waals surface area (Å²) in [7, 11) is 4.09. The van der Waals surface area contributed by atoms with Gasteiger partial charge in [0.05, 0.1) is 6.04 Å². The van der Waals surface area contributed by atoms with Gasteiger partial charge in [-0.25, -0.2) is 0 Å². The Bertz CT molecular complexity index is 530.